The van der Waals surface area contributed by atoms with E-state index in [9.17, 15) is 14.4 Å². The third kappa shape index (κ3) is 3.33. The van der Waals surface area contributed by atoms with Crippen molar-refractivity contribution in [3.63, 3.8) is 0 Å². The summed E-state index contributed by atoms with van der Waals surface area (Å²) in [5.74, 6) is -1.62. The number of imide groups is 2. The van der Waals surface area contributed by atoms with Gasteiger partial charge < -0.3 is 0 Å². The van der Waals surface area contributed by atoms with Crippen LogP contribution in [0, 0.1) is 6.92 Å². The van der Waals surface area contributed by atoms with Crippen LogP contribution < -0.4 is 10.2 Å². The van der Waals surface area contributed by atoms with Gasteiger partial charge in [0.05, 0.1) is 5.69 Å². The van der Waals surface area contributed by atoms with Gasteiger partial charge in [-0.25, -0.2) is 9.69 Å². The van der Waals surface area contributed by atoms with Gasteiger partial charge in [0.1, 0.15) is 5.57 Å². The summed E-state index contributed by atoms with van der Waals surface area (Å²) in [7, 11) is 0. The molecule has 26 heavy (non-hydrogen) atoms. The second-order valence-corrected chi connectivity index (χ2v) is 6.75. The van der Waals surface area contributed by atoms with Gasteiger partial charge in [-0.15, -0.1) is 0 Å². The molecule has 0 aromatic heterocycles. The molecule has 0 radical (unpaired) electrons. The predicted octanol–water partition coefficient (Wildman–Crippen LogP) is 4.62. The van der Waals surface area contributed by atoms with Gasteiger partial charge in [-0.1, -0.05) is 46.9 Å². The van der Waals surface area contributed by atoms with Crippen molar-refractivity contribution in [3.8, 4) is 0 Å². The van der Waals surface area contributed by atoms with Crippen molar-refractivity contribution in [2.24, 2.45) is 0 Å². The summed E-state index contributed by atoms with van der Waals surface area (Å²) in [6, 6.07) is 8.64. The van der Waals surface area contributed by atoms with E-state index in [1.54, 1.807) is 37.3 Å². The molecule has 5 nitrogen and oxygen atoms in total. The maximum atomic E-state index is 12.8. The van der Waals surface area contributed by atoms with E-state index in [0.29, 0.717) is 10.6 Å². The van der Waals surface area contributed by atoms with Crippen LogP contribution in [0.3, 0.4) is 0 Å². The number of anilines is 1. The molecule has 1 aliphatic heterocycles. The van der Waals surface area contributed by atoms with Gasteiger partial charge in [0.25, 0.3) is 11.8 Å². The Kier molecular flexibility index (Phi) is 5.05. The van der Waals surface area contributed by atoms with E-state index in [1.807, 2.05) is 0 Å². The second-order valence-electron chi connectivity index (χ2n) is 5.53. The number of halogens is 3. The van der Waals surface area contributed by atoms with Crippen LogP contribution in [0.2, 0.25) is 15.1 Å². The fraction of sp³-hybridized carbons (Fsp3) is 0.0556. The van der Waals surface area contributed by atoms with Gasteiger partial charge in [0, 0.05) is 20.6 Å². The first-order valence-electron chi connectivity index (χ1n) is 7.41. The van der Waals surface area contributed by atoms with E-state index in [0.717, 1.165) is 10.5 Å². The largest absolute Gasteiger partial charge is 0.335 e. The van der Waals surface area contributed by atoms with Crippen molar-refractivity contribution in [3.05, 3.63) is 68.2 Å². The van der Waals surface area contributed by atoms with Gasteiger partial charge >= 0.3 is 6.03 Å². The van der Waals surface area contributed by atoms with E-state index in [-0.39, 0.29) is 21.3 Å². The molecule has 1 N–H and O–H groups in total. The molecule has 1 aliphatic rings. The maximum Gasteiger partial charge on any atom is 0.335 e. The van der Waals surface area contributed by atoms with E-state index in [4.69, 9.17) is 34.8 Å². The first-order valence-corrected chi connectivity index (χ1v) is 8.54. The highest BCUT2D eigenvalue weighted by molar-refractivity contribution is 6.41. The molecule has 0 bridgehead atoms. The number of rotatable bonds is 2. The summed E-state index contributed by atoms with van der Waals surface area (Å²) in [5.41, 5.74) is 1.07. The predicted molar refractivity (Wildman–Crippen MR) is 102 cm³/mol. The van der Waals surface area contributed by atoms with E-state index in [1.165, 1.54) is 12.1 Å². The number of hydrogen-bond acceptors (Lipinski definition) is 3. The summed E-state index contributed by atoms with van der Waals surface area (Å²) in [6.45, 7) is 1.79. The Morgan fingerprint density at radius 3 is 2.23 bits per heavy atom. The molecule has 0 aliphatic carbocycles. The smallest absolute Gasteiger partial charge is 0.273 e. The highest BCUT2D eigenvalue weighted by Crippen LogP contribution is 2.30. The molecule has 0 unspecified atom stereocenters. The highest BCUT2D eigenvalue weighted by atomic mass is 35.5. The molecule has 8 heteroatoms. The number of barbiturate groups is 1. The van der Waals surface area contributed by atoms with Gasteiger partial charge in [-0.2, -0.15) is 0 Å². The Morgan fingerprint density at radius 1 is 0.962 bits per heavy atom. The van der Waals surface area contributed by atoms with E-state index in [2.05, 4.69) is 5.32 Å². The third-order valence-electron chi connectivity index (χ3n) is 3.80. The number of hydrogen-bond donors (Lipinski definition) is 1. The highest BCUT2D eigenvalue weighted by Gasteiger charge is 2.37. The van der Waals surface area contributed by atoms with Gasteiger partial charge in [0.15, 0.2) is 0 Å². The number of urea groups is 1. The molecule has 0 atom stereocenters. The van der Waals surface area contributed by atoms with Crippen LogP contribution in [-0.4, -0.2) is 17.8 Å². The van der Waals surface area contributed by atoms with Crippen LogP contribution in [0.25, 0.3) is 6.08 Å². The summed E-state index contributed by atoms with van der Waals surface area (Å²) >= 11 is 18.3. The number of benzene rings is 2. The average molecular weight is 410 g/mol. The summed E-state index contributed by atoms with van der Waals surface area (Å²) in [4.78, 5) is 38.0. The fourth-order valence-corrected chi connectivity index (χ4v) is 3.09. The van der Waals surface area contributed by atoms with Crippen LogP contribution in [0.15, 0.2) is 42.0 Å². The molecule has 1 heterocycles. The molecule has 4 amide bonds. The molecule has 1 fully saturated rings. The van der Waals surface area contributed by atoms with E-state index >= 15 is 0 Å². The Balaban J connectivity index is 2.09. The number of nitrogens with zero attached hydrogens (tertiary/aromatic N) is 1. The molecule has 2 aromatic rings. The lowest BCUT2D eigenvalue weighted by atomic mass is 10.1. The summed E-state index contributed by atoms with van der Waals surface area (Å²) < 4.78 is 0. The first-order chi connectivity index (χ1) is 12.3. The molecule has 3 rings (SSSR count). The number of carbonyl (C=O) groups excluding carboxylic acids is 3. The van der Waals surface area contributed by atoms with Crippen molar-refractivity contribution >= 4 is 64.4 Å². The van der Waals surface area contributed by atoms with E-state index < -0.39 is 17.8 Å². The van der Waals surface area contributed by atoms with Crippen LogP contribution in [-0.2, 0) is 9.59 Å². The molecular weight excluding hydrogens is 399 g/mol. The SMILES string of the molecule is Cc1ccc(N2C(=O)NC(=O)/C(=C\c3c(Cl)cccc3Cl)C2=O)cc1Cl. The molecule has 2 aromatic carbocycles. The number of nitrogens with one attached hydrogen (secondary N) is 1. The Bertz CT molecular complexity index is 965. The number of amides is 4. The minimum absolute atomic E-state index is 0.242. The van der Waals surface area contributed by atoms with Crippen LogP contribution in [0.5, 0.6) is 0 Å². The van der Waals surface area contributed by atoms with Gasteiger partial charge in [-0.3, -0.25) is 14.9 Å². The number of carbonyl (C=O) groups is 3. The Morgan fingerprint density at radius 2 is 1.62 bits per heavy atom. The van der Waals surface area contributed by atoms with Gasteiger partial charge in [0.2, 0.25) is 0 Å². The molecule has 132 valence electrons. The van der Waals surface area contributed by atoms with Crippen LogP contribution in [0.4, 0.5) is 10.5 Å². The third-order valence-corrected chi connectivity index (χ3v) is 4.87. The van der Waals surface area contributed by atoms with Gasteiger partial charge in [-0.05, 0) is 42.8 Å². The maximum absolute atomic E-state index is 12.8. The van der Waals surface area contributed by atoms with Crippen molar-refractivity contribution in [2.45, 2.75) is 6.92 Å². The lowest BCUT2D eigenvalue weighted by Crippen LogP contribution is -2.54. The fourth-order valence-electron chi connectivity index (χ4n) is 2.41. The standard InChI is InChI=1S/C18H11Cl3N2O3/c1-9-5-6-10(7-15(9)21)23-17(25)12(16(24)22-18(23)26)8-11-13(19)3-2-4-14(11)20/h2-8H,1H3,(H,22,24,26)/b12-8+. The minimum Gasteiger partial charge on any atom is -0.273 e. The van der Waals surface area contributed by atoms with Crippen molar-refractivity contribution in [1.29, 1.82) is 0 Å². The molecular formula is C18H11Cl3N2O3. The molecule has 0 spiro atoms. The topological polar surface area (TPSA) is 66.5 Å². The molecule has 1 saturated heterocycles. The first kappa shape index (κ1) is 18.5. The Hall–Kier alpha value is -2.34. The normalized spacial score (nSPS) is 16.2. The lowest BCUT2D eigenvalue weighted by molar-refractivity contribution is -0.122. The van der Waals surface area contributed by atoms with Crippen molar-refractivity contribution < 1.29 is 14.4 Å². The lowest BCUT2D eigenvalue weighted by Gasteiger charge is -2.26. The quantitative estimate of drug-likeness (QED) is 0.581. The zero-order chi connectivity index (χ0) is 19.0. The van der Waals surface area contributed by atoms with Crippen LogP contribution in [0.1, 0.15) is 11.1 Å². The zero-order valence-corrected chi connectivity index (χ0v) is 15.6. The van der Waals surface area contributed by atoms with Crippen molar-refractivity contribution in [1.82, 2.24) is 5.32 Å². The van der Waals surface area contributed by atoms with Crippen LogP contribution >= 0.6 is 34.8 Å². The number of aryl methyl sites for hydroxylation is 1. The Labute approximate surface area is 164 Å². The zero-order valence-electron chi connectivity index (χ0n) is 13.3. The minimum atomic E-state index is -0.859. The summed E-state index contributed by atoms with van der Waals surface area (Å²) in [5, 5.41) is 3.06. The molecule has 0 saturated carbocycles. The van der Waals surface area contributed by atoms with Crippen molar-refractivity contribution in [2.75, 3.05) is 4.90 Å². The summed E-state index contributed by atoms with van der Waals surface area (Å²) in [6.07, 6.45) is 1.26. The monoisotopic (exact) mass is 408 g/mol. The average Bonchev–Trinajstić information content (AvgIpc) is 2.56. The second kappa shape index (κ2) is 7.11.